The van der Waals surface area contributed by atoms with E-state index in [1.54, 1.807) is 6.07 Å². The monoisotopic (exact) mass is 297 g/mol. The number of aromatic amines is 1. The van der Waals surface area contributed by atoms with Crippen molar-refractivity contribution in [2.75, 3.05) is 5.32 Å². The molecule has 90 valence electrons. The average Bonchev–Trinajstić information content (AvgIpc) is 2.88. The first-order valence-corrected chi connectivity index (χ1v) is 6.02. The Balaban J connectivity index is 2.18. The number of amides is 1. The Morgan fingerprint density at radius 3 is 3.12 bits per heavy atom. The molecule has 0 unspecified atom stereocenters. The first kappa shape index (κ1) is 11.8. The minimum absolute atomic E-state index is 0.207. The summed E-state index contributed by atoms with van der Waals surface area (Å²) in [7, 11) is 0. The van der Waals surface area contributed by atoms with Crippen molar-refractivity contribution in [3.63, 3.8) is 0 Å². The third-order valence-corrected chi connectivity index (χ3v) is 2.64. The number of nitrogens with zero attached hydrogens (tertiary/aromatic N) is 3. The molecule has 1 amide bonds. The van der Waals surface area contributed by atoms with Gasteiger partial charge in [-0.1, -0.05) is 6.92 Å². The number of aromatic nitrogens is 4. The SMILES string of the molecule is CCCn1cc(Br)cc1C(=O)Nc1ncn[nH]1. The van der Waals surface area contributed by atoms with Crippen LogP contribution in [0.3, 0.4) is 0 Å². The van der Waals surface area contributed by atoms with Gasteiger partial charge >= 0.3 is 0 Å². The number of rotatable bonds is 4. The van der Waals surface area contributed by atoms with E-state index in [0.29, 0.717) is 11.6 Å². The fourth-order valence-electron chi connectivity index (χ4n) is 1.53. The van der Waals surface area contributed by atoms with Crippen LogP contribution in [-0.4, -0.2) is 25.7 Å². The van der Waals surface area contributed by atoms with Crippen molar-refractivity contribution in [2.45, 2.75) is 19.9 Å². The molecular weight excluding hydrogens is 286 g/mol. The maximum Gasteiger partial charge on any atom is 0.274 e. The second-order valence-electron chi connectivity index (χ2n) is 3.53. The van der Waals surface area contributed by atoms with Crippen molar-refractivity contribution in [2.24, 2.45) is 0 Å². The zero-order valence-corrected chi connectivity index (χ0v) is 10.9. The molecule has 0 aliphatic rings. The predicted octanol–water partition coefficient (Wildman–Crippen LogP) is 2.03. The van der Waals surface area contributed by atoms with E-state index < -0.39 is 0 Å². The van der Waals surface area contributed by atoms with Crippen LogP contribution < -0.4 is 5.32 Å². The van der Waals surface area contributed by atoms with Gasteiger partial charge < -0.3 is 4.57 Å². The van der Waals surface area contributed by atoms with Gasteiger partial charge in [0.25, 0.3) is 5.91 Å². The van der Waals surface area contributed by atoms with Crippen molar-refractivity contribution in [1.82, 2.24) is 19.7 Å². The van der Waals surface area contributed by atoms with Crippen LogP contribution in [0.25, 0.3) is 0 Å². The van der Waals surface area contributed by atoms with Crippen molar-refractivity contribution in [3.05, 3.63) is 28.8 Å². The van der Waals surface area contributed by atoms with Crippen LogP contribution in [0.1, 0.15) is 23.8 Å². The number of anilines is 1. The van der Waals surface area contributed by atoms with Gasteiger partial charge in [0.1, 0.15) is 12.0 Å². The summed E-state index contributed by atoms with van der Waals surface area (Å²) in [5.41, 5.74) is 0.593. The van der Waals surface area contributed by atoms with Gasteiger partial charge in [-0.25, -0.2) is 5.10 Å². The van der Waals surface area contributed by atoms with E-state index in [1.165, 1.54) is 6.33 Å². The van der Waals surface area contributed by atoms with Crippen LogP contribution in [0, 0.1) is 0 Å². The molecule has 0 radical (unpaired) electrons. The summed E-state index contributed by atoms with van der Waals surface area (Å²) in [5, 5.41) is 8.89. The molecule has 2 N–H and O–H groups in total. The van der Waals surface area contributed by atoms with E-state index in [1.807, 2.05) is 10.8 Å². The van der Waals surface area contributed by atoms with Gasteiger partial charge in [0.05, 0.1) is 0 Å². The van der Waals surface area contributed by atoms with Crippen LogP contribution in [-0.2, 0) is 6.54 Å². The van der Waals surface area contributed by atoms with Crippen LogP contribution >= 0.6 is 15.9 Å². The number of carbonyl (C=O) groups is 1. The van der Waals surface area contributed by atoms with Crippen LogP contribution in [0.15, 0.2) is 23.1 Å². The van der Waals surface area contributed by atoms with Gasteiger partial charge in [0, 0.05) is 17.2 Å². The molecule has 7 heteroatoms. The molecule has 0 saturated heterocycles. The highest BCUT2D eigenvalue weighted by molar-refractivity contribution is 9.10. The lowest BCUT2D eigenvalue weighted by molar-refractivity contribution is 0.101. The number of H-pyrrole nitrogens is 1. The quantitative estimate of drug-likeness (QED) is 0.907. The van der Waals surface area contributed by atoms with Crippen molar-refractivity contribution in [1.29, 1.82) is 0 Å². The van der Waals surface area contributed by atoms with E-state index in [9.17, 15) is 4.79 Å². The molecule has 2 aromatic heterocycles. The Morgan fingerprint density at radius 2 is 2.47 bits per heavy atom. The smallest absolute Gasteiger partial charge is 0.274 e. The van der Waals surface area contributed by atoms with Gasteiger partial charge in [-0.2, -0.15) is 10.1 Å². The number of aryl methyl sites for hydroxylation is 1. The Labute approximate surface area is 107 Å². The molecule has 0 spiro atoms. The van der Waals surface area contributed by atoms with Crippen molar-refractivity contribution in [3.8, 4) is 0 Å². The molecule has 0 aliphatic heterocycles. The lowest BCUT2D eigenvalue weighted by Gasteiger charge is -2.06. The Morgan fingerprint density at radius 1 is 1.65 bits per heavy atom. The maximum atomic E-state index is 12.0. The fraction of sp³-hybridized carbons (Fsp3) is 0.300. The summed E-state index contributed by atoms with van der Waals surface area (Å²) >= 11 is 3.36. The van der Waals surface area contributed by atoms with Gasteiger partial charge in [-0.3, -0.25) is 10.1 Å². The minimum Gasteiger partial charge on any atom is -0.342 e. The standard InChI is InChI=1S/C10H12BrN5O/c1-2-3-16-5-7(11)4-8(16)9(17)14-10-12-6-13-15-10/h4-6H,2-3H2,1H3,(H2,12,13,14,15,17). The third-order valence-electron chi connectivity index (χ3n) is 2.21. The van der Waals surface area contributed by atoms with Gasteiger partial charge in [-0.05, 0) is 28.4 Å². The minimum atomic E-state index is -0.207. The molecule has 0 aliphatic carbocycles. The van der Waals surface area contributed by atoms with Crippen LogP contribution in [0.2, 0.25) is 0 Å². The largest absolute Gasteiger partial charge is 0.342 e. The topological polar surface area (TPSA) is 75.6 Å². The highest BCUT2D eigenvalue weighted by atomic mass is 79.9. The first-order valence-electron chi connectivity index (χ1n) is 5.23. The van der Waals surface area contributed by atoms with Gasteiger partial charge in [0.15, 0.2) is 0 Å². The Kier molecular flexibility index (Phi) is 3.58. The Hall–Kier alpha value is -1.63. The van der Waals surface area contributed by atoms with Gasteiger partial charge in [0.2, 0.25) is 5.95 Å². The first-order chi connectivity index (χ1) is 8.20. The lowest BCUT2D eigenvalue weighted by Crippen LogP contribution is -2.17. The van der Waals surface area contributed by atoms with Crippen molar-refractivity contribution < 1.29 is 4.79 Å². The lowest BCUT2D eigenvalue weighted by atomic mass is 10.4. The number of carbonyl (C=O) groups excluding carboxylic acids is 1. The average molecular weight is 298 g/mol. The fourth-order valence-corrected chi connectivity index (χ4v) is 1.99. The van der Waals surface area contributed by atoms with E-state index >= 15 is 0 Å². The Bertz CT molecular complexity index is 505. The molecule has 0 fully saturated rings. The van der Waals surface area contributed by atoms with Crippen molar-refractivity contribution >= 4 is 27.8 Å². The summed E-state index contributed by atoms with van der Waals surface area (Å²) < 4.78 is 2.78. The van der Waals surface area contributed by atoms with Gasteiger partial charge in [-0.15, -0.1) is 0 Å². The molecule has 2 heterocycles. The van der Waals surface area contributed by atoms with E-state index in [4.69, 9.17) is 0 Å². The summed E-state index contributed by atoms with van der Waals surface area (Å²) in [6, 6.07) is 1.78. The predicted molar refractivity (Wildman–Crippen MR) is 66.8 cm³/mol. The number of nitrogens with one attached hydrogen (secondary N) is 2. The summed E-state index contributed by atoms with van der Waals surface area (Å²) in [4.78, 5) is 15.8. The van der Waals surface area contributed by atoms with Crippen LogP contribution in [0.5, 0.6) is 0 Å². The summed E-state index contributed by atoms with van der Waals surface area (Å²) in [5.74, 6) is 0.135. The normalized spacial score (nSPS) is 10.5. The summed E-state index contributed by atoms with van der Waals surface area (Å²) in [6.07, 6.45) is 4.19. The highest BCUT2D eigenvalue weighted by Crippen LogP contribution is 2.16. The number of hydrogen-bond acceptors (Lipinski definition) is 3. The number of hydrogen-bond donors (Lipinski definition) is 2. The molecule has 2 rings (SSSR count). The maximum absolute atomic E-state index is 12.0. The van der Waals surface area contributed by atoms with E-state index in [2.05, 4.69) is 43.4 Å². The zero-order chi connectivity index (χ0) is 12.3. The molecule has 0 bridgehead atoms. The molecular formula is C10H12BrN5O. The zero-order valence-electron chi connectivity index (χ0n) is 9.27. The van der Waals surface area contributed by atoms with E-state index in [-0.39, 0.29) is 5.91 Å². The van der Waals surface area contributed by atoms with E-state index in [0.717, 1.165) is 17.4 Å². The molecule has 17 heavy (non-hydrogen) atoms. The molecule has 6 nitrogen and oxygen atoms in total. The molecule has 2 aromatic rings. The van der Waals surface area contributed by atoms with Crippen LogP contribution in [0.4, 0.5) is 5.95 Å². The molecule has 0 atom stereocenters. The second kappa shape index (κ2) is 5.13. The summed E-state index contributed by atoms with van der Waals surface area (Å²) in [6.45, 7) is 2.86. The number of halogens is 1. The third kappa shape index (κ3) is 2.73. The second-order valence-corrected chi connectivity index (χ2v) is 4.44. The molecule has 0 saturated carbocycles. The highest BCUT2D eigenvalue weighted by Gasteiger charge is 2.13. The molecule has 0 aromatic carbocycles.